The molecule has 0 atom stereocenters. The van der Waals surface area contributed by atoms with Crippen LogP contribution in [0.3, 0.4) is 0 Å². The Bertz CT molecular complexity index is 126. The van der Waals surface area contributed by atoms with Crippen LogP contribution < -0.4 is 0 Å². The molecule has 0 unspecified atom stereocenters. The molecule has 0 heterocycles. The Balaban J connectivity index is -0.0000000676. The second-order valence-electron chi connectivity index (χ2n) is 3.23. The molecule has 0 amide bonds. The highest BCUT2D eigenvalue weighted by atomic mass is 13.7. The van der Waals surface area contributed by atoms with Gasteiger partial charge in [0.15, 0.2) is 0 Å². The fraction of sp³-hybridized carbons (Fsp3) is 0.529. The van der Waals surface area contributed by atoms with Gasteiger partial charge in [0, 0.05) is 0 Å². The van der Waals surface area contributed by atoms with Gasteiger partial charge in [-0.3, -0.25) is 0 Å². The summed E-state index contributed by atoms with van der Waals surface area (Å²) in [6, 6.07) is 0. The first-order chi connectivity index (χ1) is 8.16. The van der Waals surface area contributed by atoms with Crippen LogP contribution in [-0.2, 0) is 0 Å². The van der Waals surface area contributed by atoms with E-state index in [0.29, 0.717) is 0 Å². The predicted molar refractivity (Wildman–Crippen MR) is 86.6 cm³/mol. The summed E-state index contributed by atoms with van der Waals surface area (Å²) in [5.74, 6) is 0. The Labute approximate surface area is 111 Å². The summed E-state index contributed by atoms with van der Waals surface area (Å²) in [6.07, 6.45) is 14.4. The third-order valence-electron chi connectivity index (χ3n) is 1.32. The Hall–Kier alpha value is -1.04. The third kappa shape index (κ3) is 160. The molecule has 0 fully saturated rings. The standard InChI is InChI=1S/2C5H10.C4H8.C3H6/c2*1-3-5-4-2;1-3-4-2;1-3-2/h2*3H,1,4-5H2,2H3;3-4H,1-2H3;3H,1H2,2H3/b;;4-3+;. The molecule has 0 aliphatic rings. The summed E-state index contributed by atoms with van der Waals surface area (Å²) >= 11 is 0. The zero-order chi connectivity index (χ0) is 14.4. The normalized spacial score (nSPS) is 7.35. The second kappa shape index (κ2) is 46.0. The van der Waals surface area contributed by atoms with Crippen LogP contribution >= 0.6 is 0 Å². The van der Waals surface area contributed by atoms with E-state index in [1.54, 1.807) is 6.08 Å². The topological polar surface area (TPSA) is 0 Å². The highest BCUT2D eigenvalue weighted by Crippen LogP contribution is 1.82. The SMILES string of the molecule is C/C=C/C.C=CC.C=CCCC.C=CCCC. The zero-order valence-electron chi connectivity index (χ0n) is 12.8. The molecule has 0 aromatic heterocycles. The van der Waals surface area contributed by atoms with Gasteiger partial charge in [0.2, 0.25) is 0 Å². The van der Waals surface area contributed by atoms with Crippen molar-refractivity contribution in [2.45, 2.75) is 60.3 Å². The summed E-state index contributed by atoms with van der Waals surface area (Å²) in [5, 5.41) is 0. The number of unbranched alkanes of at least 4 members (excludes halogenated alkanes) is 2. The predicted octanol–water partition coefficient (Wildman–Crippen LogP) is 6.72. The van der Waals surface area contributed by atoms with E-state index in [-0.39, 0.29) is 0 Å². The van der Waals surface area contributed by atoms with Gasteiger partial charge in [0.05, 0.1) is 0 Å². The van der Waals surface area contributed by atoms with E-state index in [9.17, 15) is 0 Å². The maximum Gasteiger partial charge on any atom is -0.0356 e. The first-order valence-electron chi connectivity index (χ1n) is 6.52. The molecule has 0 aromatic rings. The van der Waals surface area contributed by atoms with E-state index in [0.717, 1.165) is 12.8 Å². The van der Waals surface area contributed by atoms with Gasteiger partial charge in [0.25, 0.3) is 0 Å². The van der Waals surface area contributed by atoms with Crippen LogP contribution in [-0.4, -0.2) is 0 Å². The number of hydrogen-bond donors (Lipinski definition) is 0. The molecule has 0 aliphatic heterocycles. The second-order valence-corrected chi connectivity index (χ2v) is 3.23. The van der Waals surface area contributed by atoms with E-state index in [1.165, 1.54) is 12.8 Å². The van der Waals surface area contributed by atoms with Crippen molar-refractivity contribution < 1.29 is 0 Å². The van der Waals surface area contributed by atoms with Gasteiger partial charge >= 0.3 is 0 Å². The Morgan fingerprint density at radius 2 is 0.941 bits per heavy atom. The van der Waals surface area contributed by atoms with Gasteiger partial charge < -0.3 is 0 Å². The summed E-state index contributed by atoms with van der Waals surface area (Å²) in [6.45, 7) is 20.6. The molecule has 102 valence electrons. The summed E-state index contributed by atoms with van der Waals surface area (Å²) < 4.78 is 0. The molecule has 0 rings (SSSR count). The monoisotopic (exact) mass is 238 g/mol. The molecule has 0 N–H and O–H groups in total. The lowest BCUT2D eigenvalue weighted by Crippen LogP contribution is -1.52. The smallest absolute Gasteiger partial charge is 0.0356 e. The first-order valence-corrected chi connectivity index (χ1v) is 6.52. The number of hydrogen-bond acceptors (Lipinski definition) is 0. The van der Waals surface area contributed by atoms with Crippen molar-refractivity contribution in [3.05, 3.63) is 50.1 Å². The molecular formula is C17H34. The van der Waals surface area contributed by atoms with Crippen LogP contribution in [0.5, 0.6) is 0 Å². The van der Waals surface area contributed by atoms with Gasteiger partial charge in [-0.15, -0.1) is 19.7 Å². The van der Waals surface area contributed by atoms with Crippen molar-refractivity contribution in [2.75, 3.05) is 0 Å². The molecule has 0 radical (unpaired) electrons. The molecule has 0 spiro atoms. The summed E-state index contributed by atoms with van der Waals surface area (Å²) in [4.78, 5) is 0. The van der Waals surface area contributed by atoms with Crippen molar-refractivity contribution >= 4 is 0 Å². The van der Waals surface area contributed by atoms with E-state index in [1.807, 2.05) is 45.1 Å². The van der Waals surface area contributed by atoms with Crippen LogP contribution in [0.1, 0.15) is 60.3 Å². The van der Waals surface area contributed by atoms with Crippen LogP contribution in [0.15, 0.2) is 50.1 Å². The zero-order valence-corrected chi connectivity index (χ0v) is 12.8. The minimum absolute atomic E-state index is 1.15. The minimum atomic E-state index is 1.15. The quantitative estimate of drug-likeness (QED) is 0.477. The number of allylic oxidation sites excluding steroid dienone is 5. The van der Waals surface area contributed by atoms with Crippen molar-refractivity contribution in [3.63, 3.8) is 0 Å². The lowest BCUT2D eigenvalue weighted by atomic mass is 10.3. The summed E-state index contributed by atoms with van der Waals surface area (Å²) in [5.41, 5.74) is 0. The van der Waals surface area contributed by atoms with Gasteiger partial charge in [-0.2, -0.15) is 0 Å². The van der Waals surface area contributed by atoms with E-state index < -0.39 is 0 Å². The Morgan fingerprint density at radius 1 is 0.706 bits per heavy atom. The number of rotatable bonds is 4. The van der Waals surface area contributed by atoms with Crippen molar-refractivity contribution in [3.8, 4) is 0 Å². The lowest BCUT2D eigenvalue weighted by molar-refractivity contribution is 0.961. The lowest BCUT2D eigenvalue weighted by Gasteiger charge is -1.72. The highest BCUT2D eigenvalue weighted by molar-refractivity contribution is 4.68. The molecular weight excluding hydrogens is 204 g/mol. The minimum Gasteiger partial charge on any atom is -0.103 e. The average molecular weight is 238 g/mol. The molecule has 0 nitrogen and oxygen atoms in total. The Morgan fingerprint density at radius 3 is 0.941 bits per heavy atom. The maximum absolute atomic E-state index is 3.55. The van der Waals surface area contributed by atoms with Crippen molar-refractivity contribution in [1.29, 1.82) is 0 Å². The van der Waals surface area contributed by atoms with E-state index in [4.69, 9.17) is 0 Å². The van der Waals surface area contributed by atoms with Gasteiger partial charge in [-0.1, -0.05) is 57.1 Å². The molecule has 0 aliphatic carbocycles. The third-order valence-corrected chi connectivity index (χ3v) is 1.32. The molecule has 0 saturated carbocycles. The summed E-state index contributed by atoms with van der Waals surface area (Å²) in [7, 11) is 0. The van der Waals surface area contributed by atoms with Crippen LogP contribution in [0.25, 0.3) is 0 Å². The fourth-order valence-electron chi connectivity index (χ4n) is 0.408. The largest absolute Gasteiger partial charge is 0.103 e. The van der Waals surface area contributed by atoms with Crippen molar-refractivity contribution in [2.24, 2.45) is 0 Å². The van der Waals surface area contributed by atoms with E-state index in [2.05, 4.69) is 33.6 Å². The van der Waals surface area contributed by atoms with E-state index >= 15 is 0 Å². The molecule has 0 aromatic carbocycles. The van der Waals surface area contributed by atoms with Crippen LogP contribution in [0.2, 0.25) is 0 Å². The molecule has 17 heavy (non-hydrogen) atoms. The molecule has 0 bridgehead atoms. The molecule has 0 heteroatoms. The van der Waals surface area contributed by atoms with Gasteiger partial charge in [-0.25, -0.2) is 0 Å². The van der Waals surface area contributed by atoms with Gasteiger partial charge in [-0.05, 0) is 33.6 Å². The van der Waals surface area contributed by atoms with Crippen molar-refractivity contribution in [1.82, 2.24) is 0 Å². The first kappa shape index (κ1) is 25.0. The molecule has 0 saturated heterocycles. The Kier molecular flexibility index (Phi) is 67.6. The average Bonchev–Trinajstić information content (AvgIpc) is 2.33. The van der Waals surface area contributed by atoms with Crippen LogP contribution in [0, 0.1) is 0 Å². The maximum atomic E-state index is 3.55. The highest BCUT2D eigenvalue weighted by Gasteiger charge is 1.62. The van der Waals surface area contributed by atoms with Crippen LogP contribution in [0.4, 0.5) is 0 Å². The fourth-order valence-corrected chi connectivity index (χ4v) is 0.408. The van der Waals surface area contributed by atoms with Gasteiger partial charge in [0.1, 0.15) is 0 Å².